The number of hydrogen-bond acceptors (Lipinski definition) is 3. The number of rotatable bonds is 0. The Morgan fingerprint density at radius 2 is 2.43 bits per heavy atom. The molecule has 1 heterocycles. The van der Waals surface area contributed by atoms with Gasteiger partial charge in [-0.05, 0) is 13.8 Å². The van der Waals surface area contributed by atoms with Gasteiger partial charge in [-0.2, -0.15) is 0 Å². The highest BCUT2D eigenvalue weighted by atomic mass is 16.7. The Kier molecular flexibility index (Phi) is 0.785. The van der Waals surface area contributed by atoms with Crippen LogP contribution in [0.1, 0.15) is 13.8 Å². The van der Waals surface area contributed by atoms with Gasteiger partial charge >= 0.3 is 0 Å². The molecule has 0 spiro atoms. The van der Waals surface area contributed by atoms with Crippen molar-refractivity contribution >= 4 is 6.40 Å². The molecule has 1 rings (SSSR count). The first-order chi connectivity index (χ1) is 3.21. The van der Waals surface area contributed by atoms with Crippen LogP contribution in [-0.4, -0.2) is 12.1 Å². The molecule has 0 amide bonds. The Labute approximate surface area is 42.3 Å². The van der Waals surface area contributed by atoms with Crippen LogP contribution < -0.4 is 5.48 Å². The second kappa shape index (κ2) is 1.20. The summed E-state index contributed by atoms with van der Waals surface area (Å²) in [5.74, 6) is 0. The van der Waals surface area contributed by atoms with Gasteiger partial charge in [0.1, 0.15) is 5.66 Å². The van der Waals surface area contributed by atoms with Crippen molar-refractivity contribution in [2.45, 2.75) is 19.5 Å². The number of nitrogens with zero attached hydrogens (tertiary/aromatic N) is 1. The van der Waals surface area contributed by atoms with Crippen LogP contribution in [0.25, 0.3) is 0 Å². The first-order valence-electron chi connectivity index (χ1n) is 2.17. The van der Waals surface area contributed by atoms with Gasteiger partial charge in [0.25, 0.3) is 0 Å². The van der Waals surface area contributed by atoms with Gasteiger partial charge in [-0.15, -0.1) is 5.48 Å². The van der Waals surface area contributed by atoms with Crippen LogP contribution in [0, 0.1) is 0 Å². The molecule has 3 nitrogen and oxygen atoms in total. The molecule has 0 radical (unpaired) electrons. The molecule has 0 aliphatic carbocycles. The minimum atomic E-state index is -0.208. The van der Waals surface area contributed by atoms with Crippen molar-refractivity contribution in [3.8, 4) is 0 Å². The van der Waals surface area contributed by atoms with E-state index in [2.05, 4.69) is 15.3 Å². The molecule has 0 aromatic heterocycles. The Morgan fingerprint density at radius 3 is 2.57 bits per heavy atom. The molecule has 40 valence electrons. The third-order valence-corrected chi connectivity index (χ3v) is 0.737. The summed E-state index contributed by atoms with van der Waals surface area (Å²) in [4.78, 5) is 8.53. The van der Waals surface area contributed by atoms with E-state index in [1.54, 1.807) is 0 Å². The van der Waals surface area contributed by atoms with Gasteiger partial charge in [-0.3, -0.25) is 0 Å². The number of hydrogen-bond donors (Lipinski definition) is 1. The molecule has 0 unspecified atom stereocenters. The largest absolute Gasteiger partial charge is 0.394 e. The predicted molar refractivity (Wildman–Crippen MR) is 26.8 cm³/mol. The van der Waals surface area contributed by atoms with E-state index < -0.39 is 0 Å². The van der Waals surface area contributed by atoms with E-state index in [9.17, 15) is 0 Å². The topological polar surface area (TPSA) is 33.6 Å². The molecule has 0 aromatic rings. The van der Waals surface area contributed by atoms with E-state index in [0.717, 1.165) is 0 Å². The van der Waals surface area contributed by atoms with E-state index in [1.807, 2.05) is 13.8 Å². The Bertz CT molecular complexity index is 97.9. The summed E-state index contributed by atoms with van der Waals surface area (Å²) >= 11 is 0. The van der Waals surface area contributed by atoms with E-state index in [-0.39, 0.29) is 5.66 Å². The Hall–Kier alpha value is -0.570. The maximum atomic E-state index is 4.62. The minimum absolute atomic E-state index is 0.208. The summed E-state index contributed by atoms with van der Waals surface area (Å²) in [7, 11) is 0. The zero-order chi connectivity index (χ0) is 5.33. The molecule has 1 aliphatic heterocycles. The highest BCUT2D eigenvalue weighted by Crippen LogP contribution is 2.05. The van der Waals surface area contributed by atoms with Crippen LogP contribution in [0.4, 0.5) is 0 Å². The molecule has 7 heavy (non-hydrogen) atoms. The van der Waals surface area contributed by atoms with E-state index >= 15 is 0 Å². The van der Waals surface area contributed by atoms with Gasteiger partial charge in [0.15, 0.2) is 6.40 Å². The minimum Gasteiger partial charge on any atom is -0.394 e. The standard InChI is InChI=1S/C4H8N2O/c1-4(2)5-3-7-6-4/h3,6H,1-2H3. The van der Waals surface area contributed by atoms with Crippen molar-refractivity contribution in [2.75, 3.05) is 0 Å². The third kappa shape index (κ3) is 0.899. The fourth-order valence-corrected chi connectivity index (χ4v) is 0.355. The lowest BCUT2D eigenvalue weighted by Crippen LogP contribution is -2.30. The molecular weight excluding hydrogens is 92.1 g/mol. The lowest BCUT2D eigenvalue weighted by molar-refractivity contribution is 0.146. The molecular formula is C4H8N2O. The maximum Gasteiger partial charge on any atom is 0.198 e. The van der Waals surface area contributed by atoms with Gasteiger partial charge < -0.3 is 4.84 Å². The summed E-state index contributed by atoms with van der Waals surface area (Å²) < 4.78 is 0. The zero-order valence-electron chi connectivity index (χ0n) is 4.43. The second-order valence-electron chi connectivity index (χ2n) is 2.01. The van der Waals surface area contributed by atoms with Crippen molar-refractivity contribution in [1.82, 2.24) is 5.48 Å². The van der Waals surface area contributed by atoms with Gasteiger partial charge in [-0.1, -0.05) is 0 Å². The van der Waals surface area contributed by atoms with Gasteiger partial charge in [0, 0.05) is 0 Å². The van der Waals surface area contributed by atoms with Crippen LogP contribution in [0.15, 0.2) is 4.99 Å². The highest BCUT2D eigenvalue weighted by molar-refractivity contribution is 5.48. The summed E-state index contributed by atoms with van der Waals surface area (Å²) in [5, 5.41) is 0. The maximum absolute atomic E-state index is 4.62. The van der Waals surface area contributed by atoms with E-state index in [1.165, 1.54) is 6.40 Å². The molecule has 0 saturated heterocycles. The van der Waals surface area contributed by atoms with Crippen molar-refractivity contribution in [1.29, 1.82) is 0 Å². The van der Waals surface area contributed by atoms with Crippen LogP contribution in [0.3, 0.4) is 0 Å². The smallest absolute Gasteiger partial charge is 0.198 e. The average Bonchev–Trinajstić information content (AvgIpc) is 1.84. The van der Waals surface area contributed by atoms with Crippen molar-refractivity contribution in [3.63, 3.8) is 0 Å². The molecule has 0 saturated carbocycles. The molecule has 0 fully saturated rings. The fourth-order valence-electron chi connectivity index (χ4n) is 0.355. The quantitative estimate of drug-likeness (QED) is 0.474. The molecule has 0 bridgehead atoms. The summed E-state index contributed by atoms with van der Waals surface area (Å²) in [6.45, 7) is 3.85. The normalized spacial score (nSPS) is 24.9. The number of hydroxylamine groups is 1. The average molecular weight is 100 g/mol. The van der Waals surface area contributed by atoms with Crippen LogP contribution in [0.2, 0.25) is 0 Å². The first kappa shape index (κ1) is 4.59. The molecule has 0 aromatic carbocycles. The van der Waals surface area contributed by atoms with Crippen molar-refractivity contribution < 1.29 is 4.84 Å². The van der Waals surface area contributed by atoms with E-state index in [0.29, 0.717) is 0 Å². The van der Waals surface area contributed by atoms with Crippen LogP contribution in [0.5, 0.6) is 0 Å². The van der Waals surface area contributed by atoms with Gasteiger partial charge in [0.05, 0.1) is 0 Å². The number of nitrogens with one attached hydrogen (secondary N) is 1. The molecule has 1 N–H and O–H groups in total. The van der Waals surface area contributed by atoms with Crippen LogP contribution in [-0.2, 0) is 4.84 Å². The SMILES string of the molecule is CC1(C)N=CON1. The molecule has 0 atom stereocenters. The first-order valence-corrected chi connectivity index (χ1v) is 2.17. The molecule has 1 aliphatic rings. The fraction of sp³-hybridized carbons (Fsp3) is 0.750. The lowest BCUT2D eigenvalue weighted by atomic mass is 10.3. The van der Waals surface area contributed by atoms with Crippen molar-refractivity contribution in [3.05, 3.63) is 0 Å². The van der Waals surface area contributed by atoms with E-state index in [4.69, 9.17) is 0 Å². The second-order valence-corrected chi connectivity index (χ2v) is 2.01. The molecule has 3 heteroatoms. The Morgan fingerprint density at radius 1 is 1.71 bits per heavy atom. The predicted octanol–water partition coefficient (Wildman–Crippen LogP) is 0.286. The Balaban J connectivity index is 2.57. The summed E-state index contributed by atoms with van der Waals surface area (Å²) in [6, 6.07) is 0. The third-order valence-electron chi connectivity index (χ3n) is 0.737. The lowest BCUT2D eigenvalue weighted by Gasteiger charge is -2.09. The summed E-state index contributed by atoms with van der Waals surface area (Å²) in [6.07, 6.45) is 1.40. The number of aliphatic imine (C=N–C) groups is 1. The highest BCUT2D eigenvalue weighted by Gasteiger charge is 2.18. The summed E-state index contributed by atoms with van der Waals surface area (Å²) in [5.41, 5.74) is 2.47. The monoisotopic (exact) mass is 100 g/mol. The van der Waals surface area contributed by atoms with Crippen LogP contribution >= 0.6 is 0 Å². The van der Waals surface area contributed by atoms with Crippen molar-refractivity contribution in [2.24, 2.45) is 4.99 Å². The zero-order valence-corrected chi connectivity index (χ0v) is 4.43. The van der Waals surface area contributed by atoms with Gasteiger partial charge in [-0.25, -0.2) is 4.99 Å². The van der Waals surface area contributed by atoms with Gasteiger partial charge in [0.2, 0.25) is 0 Å².